The third-order valence-electron chi connectivity index (χ3n) is 3.05. The van der Waals surface area contributed by atoms with Crippen molar-refractivity contribution in [2.45, 2.75) is 6.04 Å². The van der Waals surface area contributed by atoms with E-state index in [0.29, 0.717) is 18.5 Å². The van der Waals surface area contributed by atoms with E-state index < -0.39 is 0 Å². The van der Waals surface area contributed by atoms with Gasteiger partial charge in [-0.15, -0.1) is 0 Å². The fourth-order valence-electron chi connectivity index (χ4n) is 2.06. The number of rotatable bonds is 2. The first-order chi connectivity index (χ1) is 6.70. The molecule has 0 unspecified atom stereocenters. The first kappa shape index (κ1) is 10.6. The molecular formula is C9H16IN3O. The number of nitrogens with zero attached hydrogens (tertiary/aromatic N) is 3. The van der Waals surface area contributed by atoms with E-state index in [9.17, 15) is 4.79 Å². The van der Waals surface area contributed by atoms with Crippen LogP contribution in [-0.4, -0.2) is 71.0 Å². The highest BCUT2D eigenvalue weighted by molar-refractivity contribution is 14.1. The second-order valence-corrected chi connectivity index (χ2v) is 4.80. The van der Waals surface area contributed by atoms with Crippen molar-refractivity contribution in [2.75, 3.05) is 44.3 Å². The number of likely N-dealkylation sites (tertiary alicyclic amines) is 1. The van der Waals surface area contributed by atoms with Crippen LogP contribution in [0.5, 0.6) is 0 Å². The van der Waals surface area contributed by atoms with E-state index in [1.807, 2.05) is 4.90 Å². The summed E-state index contributed by atoms with van der Waals surface area (Å²) >= 11 is 2.25. The van der Waals surface area contributed by atoms with Crippen molar-refractivity contribution < 1.29 is 4.79 Å². The third-order valence-corrected chi connectivity index (χ3v) is 3.88. The molecule has 80 valence electrons. The maximum Gasteiger partial charge on any atom is 0.237 e. The third kappa shape index (κ3) is 2.04. The molecule has 2 aliphatic rings. The lowest BCUT2D eigenvalue weighted by Gasteiger charge is -2.46. The zero-order chi connectivity index (χ0) is 10.1. The monoisotopic (exact) mass is 309 g/mol. The summed E-state index contributed by atoms with van der Waals surface area (Å²) < 4.78 is 0.828. The van der Waals surface area contributed by atoms with Gasteiger partial charge in [0.2, 0.25) is 5.91 Å². The Balaban J connectivity index is 1.84. The van der Waals surface area contributed by atoms with Crippen LogP contribution in [0.4, 0.5) is 0 Å². The van der Waals surface area contributed by atoms with Crippen LogP contribution in [0.15, 0.2) is 0 Å². The molecule has 0 atom stereocenters. The Hall–Kier alpha value is 0.120. The van der Waals surface area contributed by atoms with E-state index in [-0.39, 0.29) is 0 Å². The van der Waals surface area contributed by atoms with Gasteiger partial charge < -0.3 is 9.80 Å². The van der Waals surface area contributed by atoms with Crippen LogP contribution in [0, 0.1) is 0 Å². The second-order valence-electron chi connectivity index (χ2n) is 4.12. The minimum atomic E-state index is 0.292. The molecule has 2 fully saturated rings. The molecule has 0 bridgehead atoms. The van der Waals surface area contributed by atoms with Crippen molar-refractivity contribution >= 4 is 28.5 Å². The quantitative estimate of drug-likeness (QED) is 0.403. The Morgan fingerprint density at radius 3 is 2.64 bits per heavy atom. The minimum Gasteiger partial charge on any atom is -0.331 e. The van der Waals surface area contributed by atoms with Crippen molar-refractivity contribution in [3.05, 3.63) is 0 Å². The Morgan fingerprint density at radius 2 is 2.14 bits per heavy atom. The van der Waals surface area contributed by atoms with Gasteiger partial charge in [-0.05, 0) is 7.05 Å². The summed E-state index contributed by atoms with van der Waals surface area (Å²) in [5, 5.41) is 0. The highest BCUT2D eigenvalue weighted by Gasteiger charge is 2.33. The number of piperazine rings is 1. The van der Waals surface area contributed by atoms with Gasteiger partial charge in [0.15, 0.2) is 0 Å². The van der Waals surface area contributed by atoms with Crippen molar-refractivity contribution in [3.8, 4) is 0 Å². The Kier molecular flexibility index (Phi) is 3.28. The van der Waals surface area contributed by atoms with Crippen molar-refractivity contribution in [1.29, 1.82) is 0 Å². The van der Waals surface area contributed by atoms with Crippen LogP contribution in [0.3, 0.4) is 0 Å². The SMILES string of the molecule is CN1CC(N2CCN(CI)C(=O)C2)C1. The summed E-state index contributed by atoms with van der Waals surface area (Å²) in [6.45, 7) is 4.83. The zero-order valence-electron chi connectivity index (χ0n) is 8.45. The fourth-order valence-corrected chi connectivity index (χ4v) is 2.78. The van der Waals surface area contributed by atoms with Crippen molar-refractivity contribution in [3.63, 3.8) is 0 Å². The van der Waals surface area contributed by atoms with E-state index in [1.165, 1.54) is 0 Å². The van der Waals surface area contributed by atoms with Gasteiger partial charge in [0.25, 0.3) is 0 Å². The molecule has 0 spiro atoms. The molecule has 0 aliphatic carbocycles. The van der Waals surface area contributed by atoms with Crippen LogP contribution in [0.25, 0.3) is 0 Å². The number of carbonyl (C=O) groups is 1. The number of hydrogen-bond acceptors (Lipinski definition) is 3. The van der Waals surface area contributed by atoms with Crippen LogP contribution >= 0.6 is 22.6 Å². The van der Waals surface area contributed by atoms with E-state index in [2.05, 4.69) is 39.4 Å². The van der Waals surface area contributed by atoms with Gasteiger partial charge in [0.1, 0.15) is 0 Å². The number of carbonyl (C=O) groups excluding carboxylic acids is 1. The molecule has 0 N–H and O–H groups in total. The van der Waals surface area contributed by atoms with E-state index in [0.717, 1.165) is 30.7 Å². The highest BCUT2D eigenvalue weighted by Crippen LogP contribution is 2.15. The summed E-state index contributed by atoms with van der Waals surface area (Å²) in [7, 11) is 2.12. The van der Waals surface area contributed by atoms with Gasteiger partial charge in [0, 0.05) is 32.2 Å². The number of amides is 1. The average molecular weight is 309 g/mol. The molecular weight excluding hydrogens is 293 g/mol. The molecule has 2 aliphatic heterocycles. The molecule has 14 heavy (non-hydrogen) atoms. The summed E-state index contributed by atoms with van der Waals surface area (Å²) in [5.74, 6) is 0.292. The standard InChI is InChI=1S/C9H16IN3O/c1-11-4-8(5-11)12-2-3-13(7-10)9(14)6-12/h8H,2-7H2,1H3. The summed E-state index contributed by atoms with van der Waals surface area (Å²) in [5.41, 5.74) is 0. The summed E-state index contributed by atoms with van der Waals surface area (Å²) in [6, 6.07) is 0.625. The molecule has 5 heteroatoms. The molecule has 2 saturated heterocycles. The molecule has 0 aromatic carbocycles. The number of likely N-dealkylation sites (N-methyl/N-ethyl adjacent to an activating group) is 1. The van der Waals surface area contributed by atoms with E-state index in [4.69, 9.17) is 0 Å². The zero-order valence-corrected chi connectivity index (χ0v) is 10.6. The Labute approximate surface area is 98.3 Å². The Morgan fingerprint density at radius 1 is 1.43 bits per heavy atom. The molecule has 2 heterocycles. The molecule has 2 rings (SSSR count). The van der Waals surface area contributed by atoms with Gasteiger partial charge in [0.05, 0.1) is 11.1 Å². The first-order valence-electron chi connectivity index (χ1n) is 4.97. The van der Waals surface area contributed by atoms with E-state index >= 15 is 0 Å². The molecule has 0 radical (unpaired) electrons. The maximum absolute atomic E-state index is 11.6. The molecule has 0 aromatic heterocycles. The smallest absolute Gasteiger partial charge is 0.237 e. The highest BCUT2D eigenvalue weighted by atomic mass is 127. The molecule has 0 aromatic rings. The summed E-state index contributed by atoms with van der Waals surface area (Å²) in [6.07, 6.45) is 0. The second kappa shape index (κ2) is 4.32. The Bertz CT molecular complexity index is 230. The van der Waals surface area contributed by atoms with Gasteiger partial charge >= 0.3 is 0 Å². The van der Waals surface area contributed by atoms with Crippen LogP contribution < -0.4 is 0 Å². The van der Waals surface area contributed by atoms with Gasteiger partial charge in [-0.2, -0.15) is 0 Å². The van der Waals surface area contributed by atoms with E-state index in [1.54, 1.807) is 0 Å². The first-order valence-corrected chi connectivity index (χ1v) is 6.49. The lowest BCUT2D eigenvalue weighted by atomic mass is 10.1. The van der Waals surface area contributed by atoms with Crippen LogP contribution in [0.2, 0.25) is 0 Å². The lowest BCUT2D eigenvalue weighted by molar-refractivity contribution is -0.137. The number of halogens is 1. The minimum absolute atomic E-state index is 0.292. The van der Waals surface area contributed by atoms with Gasteiger partial charge in [-0.1, -0.05) is 22.6 Å². The van der Waals surface area contributed by atoms with Crippen molar-refractivity contribution in [2.24, 2.45) is 0 Å². The van der Waals surface area contributed by atoms with Gasteiger partial charge in [-0.25, -0.2) is 0 Å². The fraction of sp³-hybridized carbons (Fsp3) is 0.889. The molecule has 1 amide bonds. The number of alkyl halides is 1. The van der Waals surface area contributed by atoms with Crippen LogP contribution in [-0.2, 0) is 4.79 Å². The normalized spacial score (nSPS) is 26.7. The van der Waals surface area contributed by atoms with Crippen LogP contribution in [0.1, 0.15) is 0 Å². The predicted octanol–water partition coefficient (Wildman–Crippen LogP) is -0.163. The van der Waals surface area contributed by atoms with Gasteiger partial charge in [-0.3, -0.25) is 9.69 Å². The average Bonchev–Trinajstić information content (AvgIpc) is 2.13. The topological polar surface area (TPSA) is 26.8 Å². The molecule has 4 nitrogen and oxygen atoms in total. The largest absolute Gasteiger partial charge is 0.331 e. The lowest BCUT2D eigenvalue weighted by Crippen LogP contribution is -2.63. The maximum atomic E-state index is 11.6. The van der Waals surface area contributed by atoms with Crippen molar-refractivity contribution in [1.82, 2.24) is 14.7 Å². The number of hydrogen-bond donors (Lipinski definition) is 0. The predicted molar refractivity (Wildman–Crippen MR) is 63.5 cm³/mol. The summed E-state index contributed by atoms with van der Waals surface area (Å²) in [4.78, 5) is 18.2. The molecule has 0 saturated carbocycles.